The van der Waals surface area contributed by atoms with Crippen LogP contribution in [0.25, 0.3) is 0 Å². The van der Waals surface area contributed by atoms with Gasteiger partial charge in [-0.2, -0.15) is 0 Å². The van der Waals surface area contributed by atoms with Gasteiger partial charge >= 0.3 is 0 Å². The van der Waals surface area contributed by atoms with E-state index in [-0.39, 0.29) is 121 Å². The Morgan fingerprint density at radius 2 is 0.683 bits per heavy atom. The number of nitrogens with zero attached hydrogens (tertiary/aromatic N) is 4. The summed E-state index contributed by atoms with van der Waals surface area (Å²) in [6.45, 7) is 3.76. The molecule has 0 aliphatic carbocycles. The highest BCUT2D eigenvalue weighted by molar-refractivity contribution is 5.98. The zero-order valence-corrected chi connectivity index (χ0v) is 47.2. The van der Waals surface area contributed by atoms with Gasteiger partial charge in [-0.25, -0.2) is 0 Å². The van der Waals surface area contributed by atoms with Crippen molar-refractivity contribution in [2.24, 2.45) is 83.0 Å². The van der Waals surface area contributed by atoms with Crippen molar-refractivity contribution in [2.45, 2.75) is 165 Å². The minimum Gasteiger partial charge on any atom is -0.391 e. The lowest BCUT2D eigenvalue weighted by Gasteiger charge is -2.28. The molecule has 32 N–H and O–H groups in total. The fourth-order valence-electron chi connectivity index (χ4n) is 7.58. The number of guanidine groups is 4. The molecule has 0 fully saturated rings. The third-order valence-electron chi connectivity index (χ3n) is 11.8. The number of aliphatic hydroxyl groups is 1. The van der Waals surface area contributed by atoms with Crippen molar-refractivity contribution >= 4 is 82.9 Å². The van der Waals surface area contributed by atoms with Crippen molar-refractivity contribution in [1.82, 2.24) is 47.9 Å². The van der Waals surface area contributed by atoms with E-state index in [4.69, 9.17) is 63.1 Å². The third kappa shape index (κ3) is 33.9. The Balaban J connectivity index is 6.80. The first-order valence-electron chi connectivity index (χ1n) is 26.9. The SMILES string of the molecule is CC(=O)N[C@@H](CCCN=C(N)N)C(=O)N[C@@H](C)C(=O)NCC(=O)N[C@@H](CCCN=C(N)N)C(=O)N[C@@H](CCCN=C(N)N)C(=O)N[C@@H](CCCCN)C(=O)N[C@@H](CCCCN)C(=O)N[C@@H](CCCN=C(N)N)C(=O)N[C@H](C(N)=O)[C@@H](C)O. The molecule has 0 bridgehead atoms. The number of aliphatic imine (C=N–C) groups is 4. The Morgan fingerprint density at radius 3 is 0.976 bits per heavy atom. The quantitative estimate of drug-likeness (QED) is 0.0153. The number of hydrogen-bond acceptors (Lipinski definition) is 17. The van der Waals surface area contributed by atoms with Gasteiger partial charge in [0.05, 0.1) is 12.6 Å². The fourth-order valence-corrected chi connectivity index (χ4v) is 7.58. The van der Waals surface area contributed by atoms with E-state index >= 15 is 0 Å². The van der Waals surface area contributed by atoms with Crippen molar-refractivity contribution in [2.75, 3.05) is 45.8 Å². The molecule has 9 atom stereocenters. The van der Waals surface area contributed by atoms with E-state index in [1.54, 1.807) is 0 Å². The van der Waals surface area contributed by atoms with Gasteiger partial charge in [-0.1, -0.05) is 0 Å². The maximum atomic E-state index is 14.4. The van der Waals surface area contributed by atoms with Crippen LogP contribution in [0.3, 0.4) is 0 Å². The van der Waals surface area contributed by atoms with Crippen molar-refractivity contribution in [3.05, 3.63) is 0 Å². The van der Waals surface area contributed by atoms with Crippen molar-refractivity contribution in [3.63, 3.8) is 0 Å². The first-order chi connectivity index (χ1) is 38.6. The molecule has 0 aromatic heterocycles. The van der Waals surface area contributed by atoms with E-state index in [1.807, 2.05) is 0 Å². The maximum absolute atomic E-state index is 14.4. The molecule has 466 valence electrons. The molecule has 0 rings (SSSR count). The predicted molar refractivity (Wildman–Crippen MR) is 306 cm³/mol. The summed E-state index contributed by atoms with van der Waals surface area (Å²) in [6, 6.07) is -10.7. The highest BCUT2D eigenvalue weighted by Crippen LogP contribution is 2.11. The molecule has 0 aliphatic heterocycles. The third-order valence-corrected chi connectivity index (χ3v) is 11.8. The average Bonchev–Trinajstić information content (AvgIpc) is 3.40. The number of carbonyl (C=O) groups is 10. The summed E-state index contributed by atoms with van der Waals surface area (Å²) in [5.74, 6) is -9.15. The Bertz CT molecular complexity index is 2180. The summed E-state index contributed by atoms with van der Waals surface area (Å²) in [5.41, 5.74) is 60.5. The summed E-state index contributed by atoms with van der Waals surface area (Å²) in [4.78, 5) is 149. The van der Waals surface area contributed by atoms with Crippen LogP contribution < -0.4 is 111 Å². The minimum absolute atomic E-state index is 0.00120. The van der Waals surface area contributed by atoms with Crippen LogP contribution in [0, 0.1) is 0 Å². The van der Waals surface area contributed by atoms with Crippen LogP contribution in [-0.4, -0.2) is 188 Å². The number of nitrogens with two attached hydrogens (primary N) is 11. The van der Waals surface area contributed by atoms with Crippen LogP contribution in [-0.2, 0) is 47.9 Å². The van der Waals surface area contributed by atoms with Gasteiger partial charge in [-0.3, -0.25) is 67.9 Å². The molecule has 0 saturated heterocycles. The number of primary amides is 1. The van der Waals surface area contributed by atoms with E-state index in [9.17, 15) is 53.1 Å². The topological polar surface area (TPSA) is 635 Å². The molecule has 0 heterocycles. The summed E-state index contributed by atoms with van der Waals surface area (Å²) in [7, 11) is 0. The zero-order chi connectivity index (χ0) is 62.3. The Labute approximate surface area is 476 Å². The summed E-state index contributed by atoms with van der Waals surface area (Å²) < 4.78 is 0. The van der Waals surface area contributed by atoms with Crippen LogP contribution in [0.2, 0.25) is 0 Å². The number of rotatable bonds is 43. The van der Waals surface area contributed by atoms with Crippen LogP contribution >= 0.6 is 0 Å². The van der Waals surface area contributed by atoms with Crippen molar-refractivity contribution in [1.29, 1.82) is 0 Å². The monoisotopic (exact) mass is 1170 g/mol. The second-order valence-electron chi connectivity index (χ2n) is 19.1. The molecule has 10 amide bonds. The van der Waals surface area contributed by atoms with E-state index < -0.39 is 120 Å². The highest BCUT2D eigenvalue weighted by Gasteiger charge is 2.34. The molecular formula is C47H92N24O11. The van der Waals surface area contributed by atoms with E-state index in [0.29, 0.717) is 32.1 Å². The summed E-state index contributed by atoms with van der Waals surface area (Å²) in [5, 5.41) is 32.9. The molecular weight excluding hydrogens is 1080 g/mol. The molecule has 0 aliphatic rings. The van der Waals surface area contributed by atoms with Crippen molar-refractivity contribution in [3.8, 4) is 0 Å². The normalized spacial score (nSPS) is 14.0. The highest BCUT2D eigenvalue weighted by atomic mass is 16.3. The lowest BCUT2D eigenvalue weighted by molar-refractivity contribution is -0.136. The van der Waals surface area contributed by atoms with E-state index in [2.05, 4.69) is 67.8 Å². The van der Waals surface area contributed by atoms with Crippen LogP contribution in [0.15, 0.2) is 20.0 Å². The number of aliphatic hydroxyl groups excluding tert-OH is 1. The van der Waals surface area contributed by atoms with Crippen molar-refractivity contribution < 1.29 is 53.1 Å². The van der Waals surface area contributed by atoms with Crippen LogP contribution in [0.4, 0.5) is 0 Å². The Kier molecular flexibility index (Phi) is 37.4. The van der Waals surface area contributed by atoms with Gasteiger partial charge in [0.1, 0.15) is 48.3 Å². The standard InChI is InChI=1S/C47H92N24O11/c1-25(64-38(77)28(65-27(3)73)14-8-20-59-44(51)52)37(76)63-24-34(74)66-29(15-9-21-60-45(53)54)39(78)69-32(16-10-22-61-46(55)56)42(81)68-30(12-4-6-18-48)40(79)67-31(13-5-7-19-49)41(80)70-33(17-11-23-62-47(57)58)43(82)71-35(26(2)72)36(50)75/h25-26,28-33,35,72H,4-24,48-49H2,1-3H3,(H2,50,75)(H,63,76)(H,64,77)(H,65,73)(H,66,74)(H,67,79)(H,68,81)(H,69,78)(H,70,80)(H,71,82)(H4,51,52,59)(H4,53,54,60)(H4,55,56,61)(H4,57,58,62)/t25-,26+,28-,29-,30-,31-,32-,33-,35-/m0/s1. The molecule has 82 heavy (non-hydrogen) atoms. The molecule has 0 unspecified atom stereocenters. The van der Waals surface area contributed by atoms with E-state index in [0.717, 1.165) is 0 Å². The van der Waals surface area contributed by atoms with Gasteiger partial charge in [-0.15, -0.1) is 0 Å². The largest absolute Gasteiger partial charge is 0.391 e. The Morgan fingerprint density at radius 1 is 0.390 bits per heavy atom. The first-order valence-corrected chi connectivity index (χ1v) is 26.9. The number of hydrogen-bond donors (Lipinski definition) is 21. The maximum Gasteiger partial charge on any atom is 0.243 e. The fraction of sp³-hybridized carbons (Fsp3) is 0.702. The van der Waals surface area contributed by atoms with Gasteiger partial charge < -0.3 is 116 Å². The summed E-state index contributed by atoms with van der Waals surface area (Å²) in [6.07, 6.45) is 0.522. The van der Waals surface area contributed by atoms with Gasteiger partial charge in [0.15, 0.2) is 23.8 Å². The Hall–Kier alpha value is -8.34. The second-order valence-corrected chi connectivity index (χ2v) is 19.1. The molecule has 0 spiro atoms. The average molecular weight is 1170 g/mol. The van der Waals surface area contributed by atoms with Gasteiger partial charge in [0.2, 0.25) is 59.1 Å². The zero-order valence-electron chi connectivity index (χ0n) is 47.2. The lowest BCUT2D eigenvalue weighted by atomic mass is 10.0. The van der Waals surface area contributed by atoms with Gasteiger partial charge in [0.25, 0.3) is 0 Å². The number of carbonyl (C=O) groups excluding carboxylic acids is 10. The molecule has 0 saturated carbocycles. The van der Waals surface area contributed by atoms with Crippen LogP contribution in [0.5, 0.6) is 0 Å². The van der Waals surface area contributed by atoms with Gasteiger partial charge in [0, 0.05) is 33.1 Å². The number of amides is 10. The molecule has 0 aromatic rings. The first kappa shape index (κ1) is 73.7. The molecule has 35 heteroatoms. The van der Waals surface area contributed by atoms with Crippen LogP contribution in [0.1, 0.15) is 111 Å². The number of unbranched alkanes of at least 4 members (excludes halogenated alkanes) is 2. The molecule has 0 aromatic carbocycles. The number of nitrogens with one attached hydrogen (secondary N) is 9. The minimum atomic E-state index is -1.53. The molecule has 0 radical (unpaired) electrons. The lowest BCUT2D eigenvalue weighted by Crippen LogP contribution is -2.60. The second kappa shape index (κ2) is 41.6. The summed E-state index contributed by atoms with van der Waals surface area (Å²) >= 11 is 0. The smallest absolute Gasteiger partial charge is 0.243 e. The van der Waals surface area contributed by atoms with Gasteiger partial charge in [-0.05, 0) is 117 Å². The molecule has 35 nitrogen and oxygen atoms in total. The van der Waals surface area contributed by atoms with E-state index in [1.165, 1.54) is 20.8 Å². The predicted octanol–water partition coefficient (Wildman–Crippen LogP) is -9.64.